The van der Waals surface area contributed by atoms with Gasteiger partial charge in [-0.15, -0.1) is 0 Å². The summed E-state index contributed by atoms with van der Waals surface area (Å²) in [6.45, 7) is 0. The maximum Gasteiger partial charge on any atom is 0.266 e. The Morgan fingerprint density at radius 2 is 1.66 bits per heavy atom. The van der Waals surface area contributed by atoms with Crippen LogP contribution in [0.1, 0.15) is 11.6 Å². The van der Waals surface area contributed by atoms with Gasteiger partial charge in [-0.3, -0.25) is 14.4 Å². The van der Waals surface area contributed by atoms with Gasteiger partial charge in [0.1, 0.15) is 17.4 Å². The lowest BCUT2D eigenvalue weighted by Crippen LogP contribution is -2.37. The standard InChI is InChI=1S/C24H19BrN2O5/c1-31-17-10-8-15(9-11-17)26-23(29)20-21(18-13-14(25)7-12-19(18)28)27(32-22(20)24(26)30)16-5-3-2-4-6-16/h2-13,20-22,28H,1H3/t20-,21-,22+/m0/s1. The number of benzene rings is 3. The third-order valence-electron chi connectivity index (χ3n) is 5.76. The summed E-state index contributed by atoms with van der Waals surface area (Å²) in [5, 5.41) is 12.2. The number of amides is 2. The lowest BCUT2D eigenvalue weighted by atomic mass is 9.90. The maximum atomic E-state index is 13.6. The topological polar surface area (TPSA) is 79.3 Å². The minimum atomic E-state index is -1.01. The Bertz CT molecular complexity index is 1180. The van der Waals surface area contributed by atoms with E-state index in [1.165, 1.54) is 0 Å². The molecule has 162 valence electrons. The molecule has 3 aromatic rings. The highest BCUT2D eigenvalue weighted by Crippen LogP contribution is 2.49. The highest BCUT2D eigenvalue weighted by atomic mass is 79.9. The summed E-state index contributed by atoms with van der Waals surface area (Å²) in [5.41, 5.74) is 1.62. The van der Waals surface area contributed by atoms with E-state index < -0.39 is 24.0 Å². The zero-order chi connectivity index (χ0) is 22.4. The number of para-hydroxylation sites is 1. The molecule has 1 N–H and O–H groups in total. The predicted molar refractivity (Wildman–Crippen MR) is 121 cm³/mol. The molecule has 2 aliphatic rings. The third-order valence-corrected chi connectivity index (χ3v) is 6.26. The van der Waals surface area contributed by atoms with Crippen molar-refractivity contribution in [1.29, 1.82) is 0 Å². The molecule has 2 amide bonds. The van der Waals surface area contributed by atoms with Gasteiger partial charge in [-0.25, -0.2) is 9.96 Å². The molecule has 0 spiro atoms. The van der Waals surface area contributed by atoms with Crippen LogP contribution in [0, 0.1) is 5.92 Å². The first kappa shape index (κ1) is 20.5. The van der Waals surface area contributed by atoms with Gasteiger partial charge in [0.25, 0.3) is 5.91 Å². The number of anilines is 2. The van der Waals surface area contributed by atoms with Crippen LogP contribution in [0.15, 0.2) is 77.3 Å². The Morgan fingerprint density at radius 3 is 2.34 bits per heavy atom. The van der Waals surface area contributed by atoms with Crippen molar-refractivity contribution in [2.75, 3.05) is 17.1 Å². The molecular weight excluding hydrogens is 476 g/mol. The predicted octanol–water partition coefficient (Wildman–Crippen LogP) is 4.21. The van der Waals surface area contributed by atoms with Crippen molar-refractivity contribution in [2.24, 2.45) is 5.92 Å². The molecule has 0 aromatic heterocycles. The van der Waals surface area contributed by atoms with Gasteiger partial charge in [0, 0.05) is 10.0 Å². The molecule has 0 saturated carbocycles. The number of imide groups is 1. The number of methoxy groups -OCH3 is 1. The molecule has 7 nitrogen and oxygen atoms in total. The Balaban J connectivity index is 1.59. The molecule has 8 heteroatoms. The van der Waals surface area contributed by atoms with E-state index in [9.17, 15) is 14.7 Å². The van der Waals surface area contributed by atoms with Crippen molar-refractivity contribution in [3.05, 3.63) is 82.8 Å². The molecule has 0 bridgehead atoms. The van der Waals surface area contributed by atoms with Crippen LogP contribution in [-0.2, 0) is 14.4 Å². The number of aromatic hydroxyl groups is 1. The maximum absolute atomic E-state index is 13.6. The summed E-state index contributed by atoms with van der Waals surface area (Å²) >= 11 is 3.44. The van der Waals surface area contributed by atoms with Crippen molar-refractivity contribution in [3.63, 3.8) is 0 Å². The van der Waals surface area contributed by atoms with E-state index in [-0.39, 0.29) is 11.7 Å². The second-order valence-corrected chi connectivity index (χ2v) is 8.49. The van der Waals surface area contributed by atoms with Crippen LogP contribution in [-0.4, -0.2) is 30.1 Å². The first-order valence-corrected chi connectivity index (χ1v) is 10.8. The monoisotopic (exact) mass is 494 g/mol. The van der Waals surface area contributed by atoms with E-state index in [0.717, 1.165) is 9.37 Å². The fourth-order valence-electron chi connectivity index (χ4n) is 4.28. The number of fused-ring (bicyclic) bond motifs is 1. The second kappa shape index (κ2) is 7.96. The summed E-state index contributed by atoms with van der Waals surface area (Å²) in [6, 6.07) is 20.3. The van der Waals surface area contributed by atoms with E-state index in [0.29, 0.717) is 22.7 Å². The number of phenolic OH excluding ortho intramolecular Hbond substituents is 1. The smallest absolute Gasteiger partial charge is 0.266 e. The average Bonchev–Trinajstić information content (AvgIpc) is 3.32. The number of carbonyl (C=O) groups is 2. The molecule has 2 saturated heterocycles. The van der Waals surface area contributed by atoms with E-state index >= 15 is 0 Å². The van der Waals surface area contributed by atoms with Gasteiger partial charge in [-0.1, -0.05) is 34.1 Å². The van der Waals surface area contributed by atoms with Crippen LogP contribution in [0.4, 0.5) is 11.4 Å². The lowest BCUT2D eigenvalue weighted by Gasteiger charge is -2.29. The first-order valence-electron chi connectivity index (χ1n) is 10.0. The van der Waals surface area contributed by atoms with Gasteiger partial charge in [0.05, 0.1) is 24.5 Å². The Labute approximate surface area is 192 Å². The van der Waals surface area contributed by atoms with Crippen LogP contribution >= 0.6 is 15.9 Å². The molecule has 2 aliphatic heterocycles. The molecule has 32 heavy (non-hydrogen) atoms. The molecule has 3 atom stereocenters. The Kier molecular flexibility index (Phi) is 5.11. The highest BCUT2D eigenvalue weighted by molar-refractivity contribution is 9.10. The SMILES string of the molecule is COc1ccc(N2C(=O)[C@@H]3[C@@H](ON(c4ccccc4)[C@H]3c3cc(Br)ccc3O)C2=O)cc1. The van der Waals surface area contributed by atoms with Gasteiger partial charge in [-0.05, 0) is 54.6 Å². The van der Waals surface area contributed by atoms with Crippen molar-refractivity contribution < 1.29 is 24.3 Å². The molecule has 0 unspecified atom stereocenters. The molecule has 5 rings (SSSR count). The minimum absolute atomic E-state index is 0.0199. The zero-order valence-electron chi connectivity index (χ0n) is 17.0. The van der Waals surface area contributed by atoms with Crippen molar-refractivity contribution in [2.45, 2.75) is 12.1 Å². The number of hydrogen-bond acceptors (Lipinski definition) is 6. The largest absolute Gasteiger partial charge is 0.508 e. The van der Waals surface area contributed by atoms with Crippen LogP contribution < -0.4 is 14.7 Å². The van der Waals surface area contributed by atoms with E-state index in [1.54, 1.807) is 54.6 Å². The van der Waals surface area contributed by atoms with E-state index in [1.807, 2.05) is 30.3 Å². The van der Waals surface area contributed by atoms with Crippen LogP contribution in [0.5, 0.6) is 11.5 Å². The molecule has 0 aliphatic carbocycles. The fourth-order valence-corrected chi connectivity index (χ4v) is 4.66. The lowest BCUT2D eigenvalue weighted by molar-refractivity contribution is -0.126. The van der Waals surface area contributed by atoms with Gasteiger partial charge in [0.2, 0.25) is 5.91 Å². The highest BCUT2D eigenvalue weighted by Gasteiger charge is 2.60. The number of hydroxylamine groups is 1. The number of carbonyl (C=O) groups excluding carboxylic acids is 2. The summed E-state index contributed by atoms with van der Waals surface area (Å²) in [5.74, 6) is -1.01. The van der Waals surface area contributed by atoms with Gasteiger partial charge >= 0.3 is 0 Å². The normalized spacial score (nSPS) is 22.4. The number of rotatable bonds is 4. The summed E-state index contributed by atoms with van der Waals surface area (Å²) in [4.78, 5) is 34.1. The fraction of sp³-hybridized carbons (Fsp3) is 0.167. The minimum Gasteiger partial charge on any atom is -0.508 e. The van der Waals surface area contributed by atoms with Crippen molar-refractivity contribution in [3.8, 4) is 11.5 Å². The Morgan fingerprint density at radius 1 is 0.938 bits per heavy atom. The van der Waals surface area contributed by atoms with Crippen LogP contribution in [0.3, 0.4) is 0 Å². The third kappa shape index (κ3) is 3.23. The Hall–Kier alpha value is -3.36. The molecule has 0 radical (unpaired) electrons. The van der Waals surface area contributed by atoms with Gasteiger partial charge in [-0.2, -0.15) is 0 Å². The first-order chi connectivity index (χ1) is 15.5. The number of ether oxygens (including phenoxy) is 1. The van der Waals surface area contributed by atoms with Crippen molar-refractivity contribution in [1.82, 2.24) is 0 Å². The number of phenols is 1. The molecule has 2 fully saturated rings. The molecule has 3 aromatic carbocycles. The molecule has 2 heterocycles. The van der Waals surface area contributed by atoms with Crippen LogP contribution in [0.2, 0.25) is 0 Å². The zero-order valence-corrected chi connectivity index (χ0v) is 18.6. The number of halogens is 1. The number of hydrogen-bond donors (Lipinski definition) is 1. The van der Waals surface area contributed by atoms with Gasteiger partial charge < -0.3 is 9.84 Å². The van der Waals surface area contributed by atoms with Gasteiger partial charge in [0.15, 0.2) is 6.10 Å². The summed E-state index contributed by atoms with van der Waals surface area (Å²) in [6.07, 6.45) is -1.01. The average molecular weight is 495 g/mol. The van der Waals surface area contributed by atoms with Crippen LogP contribution in [0.25, 0.3) is 0 Å². The quantitative estimate of drug-likeness (QED) is 0.547. The van der Waals surface area contributed by atoms with Crippen molar-refractivity contribution >= 4 is 39.1 Å². The summed E-state index contributed by atoms with van der Waals surface area (Å²) in [7, 11) is 1.55. The second-order valence-electron chi connectivity index (χ2n) is 7.57. The number of nitrogens with zero attached hydrogens (tertiary/aromatic N) is 2. The summed E-state index contributed by atoms with van der Waals surface area (Å²) < 4.78 is 5.91. The van der Waals surface area contributed by atoms with E-state index in [2.05, 4.69) is 15.9 Å². The van der Waals surface area contributed by atoms with E-state index in [4.69, 9.17) is 9.57 Å². The molecular formula is C24H19BrN2O5.